The van der Waals surface area contributed by atoms with Crippen LogP contribution in [0.25, 0.3) is 93.1 Å². The summed E-state index contributed by atoms with van der Waals surface area (Å²) < 4.78 is 2.29. The number of hydrogen-bond donors (Lipinski definition) is 0. The molecular weight excluding hydrogens is 569 g/mol. The summed E-state index contributed by atoms with van der Waals surface area (Å²) in [6, 6.07) is 61.4. The minimum atomic E-state index is 0.945. The van der Waals surface area contributed by atoms with E-state index in [2.05, 4.69) is 174 Å². The summed E-state index contributed by atoms with van der Waals surface area (Å²) in [5.74, 6) is 0.945. The van der Waals surface area contributed by atoms with E-state index in [1.54, 1.807) is 0 Å². The summed E-state index contributed by atoms with van der Waals surface area (Å²) in [7, 11) is 0. The van der Waals surface area contributed by atoms with Gasteiger partial charge in [0.05, 0.1) is 11.0 Å². The standard InChI is InChI=1S/C45H28N2/c1-2-14-29(15-3-1)47-43-25-13-12-24-42(43)46-45(47)39-27-26-36(31-17-4-6-19-33(31)39)40-28-41-34-20-7-5-16-30(34)32-18-8-10-22-37(32)44(41)38-23-11-9-21-35(38)40/h1-28H. The third-order valence-electron chi connectivity index (χ3n) is 9.78. The number of fused-ring (bicyclic) bond motifs is 10. The van der Waals surface area contributed by atoms with Gasteiger partial charge in [-0.25, -0.2) is 4.98 Å². The van der Waals surface area contributed by atoms with Gasteiger partial charge in [-0.05, 0) is 101 Å². The first-order valence-electron chi connectivity index (χ1n) is 16.2. The Bertz CT molecular complexity index is 2840. The summed E-state index contributed by atoms with van der Waals surface area (Å²) >= 11 is 0. The Balaban J connectivity index is 1.31. The topological polar surface area (TPSA) is 17.8 Å². The van der Waals surface area contributed by atoms with Gasteiger partial charge in [0.25, 0.3) is 0 Å². The molecule has 2 heteroatoms. The molecule has 47 heavy (non-hydrogen) atoms. The van der Waals surface area contributed by atoms with Gasteiger partial charge in [-0.2, -0.15) is 0 Å². The number of imidazole rings is 1. The molecule has 10 aromatic rings. The van der Waals surface area contributed by atoms with Crippen LogP contribution in [0.5, 0.6) is 0 Å². The molecule has 9 aromatic carbocycles. The van der Waals surface area contributed by atoms with E-state index in [-0.39, 0.29) is 0 Å². The maximum Gasteiger partial charge on any atom is 0.146 e. The Morgan fingerprint density at radius 2 is 0.809 bits per heavy atom. The van der Waals surface area contributed by atoms with Crippen LogP contribution in [0.2, 0.25) is 0 Å². The van der Waals surface area contributed by atoms with Gasteiger partial charge in [-0.15, -0.1) is 0 Å². The van der Waals surface area contributed by atoms with E-state index in [1.165, 1.54) is 65.0 Å². The average molecular weight is 597 g/mol. The Labute approximate surface area is 271 Å². The third-order valence-corrected chi connectivity index (χ3v) is 9.78. The highest BCUT2D eigenvalue weighted by atomic mass is 15.1. The molecule has 0 radical (unpaired) electrons. The van der Waals surface area contributed by atoms with Crippen molar-refractivity contribution in [2.75, 3.05) is 0 Å². The van der Waals surface area contributed by atoms with Crippen LogP contribution in [-0.4, -0.2) is 9.55 Å². The van der Waals surface area contributed by atoms with E-state index in [4.69, 9.17) is 4.98 Å². The van der Waals surface area contributed by atoms with E-state index in [0.29, 0.717) is 0 Å². The van der Waals surface area contributed by atoms with Crippen molar-refractivity contribution in [3.05, 3.63) is 170 Å². The summed E-state index contributed by atoms with van der Waals surface area (Å²) in [5, 5.41) is 12.7. The van der Waals surface area contributed by atoms with Gasteiger partial charge in [-0.1, -0.05) is 133 Å². The van der Waals surface area contributed by atoms with E-state index in [0.717, 1.165) is 28.1 Å². The Morgan fingerprint density at radius 3 is 1.51 bits per heavy atom. The molecule has 1 heterocycles. The number of nitrogens with zero attached hydrogens (tertiary/aromatic N) is 2. The molecule has 0 amide bonds. The Morgan fingerprint density at radius 1 is 0.340 bits per heavy atom. The molecule has 0 unspecified atom stereocenters. The van der Waals surface area contributed by atoms with Crippen LogP contribution in [-0.2, 0) is 0 Å². The molecular formula is C45H28N2. The Hall–Kier alpha value is -6.25. The smallest absolute Gasteiger partial charge is 0.146 e. The number of aromatic nitrogens is 2. The monoisotopic (exact) mass is 596 g/mol. The summed E-state index contributed by atoms with van der Waals surface area (Å²) in [5.41, 5.74) is 6.77. The minimum Gasteiger partial charge on any atom is -0.292 e. The predicted molar refractivity (Wildman–Crippen MR) is 199 cm³/mol. The lowest BCUT2D eigenvalue weighted by Crippen LogP contribution is -1.98. The van der Waals surface area contributed by atoms with Crippen molar-refractivity contribution in [1.29, 1.82) is 0 Å². The van der Waals surface area contributed by atoms with Crippen molar-refractivity contribution in [2.45, 2.75) is 0 Å². The van der Waals surface area contributed by atoms with Gasteiger partial charge in [0.15, 0.2) is 0 Å². The van der Waals surface area contributed by atoms with Gasteiger partial charge >= 0.3 is 0 Å². The molecule has 0 atom stereocenters. The fraction of sp³-hybridized carbons (Fsp3) is 0. The highest BCUT2D eigenvalue weighted by molar-refractivity contribution is 6.33. The van der Waals surface area contributed by atoms with E-state index in [1.807, 2.05) is 0 Å². The van der Waals surface area contributed by atoms with Crippen molar-refractivity contribution in [2.24, 2.45) is 0 Å². The first-order chi connectivity index (χ1) is 23.3. The molecule has 218 valence electrons. The zero-order chi connectivity index (χ0) is 30.9. The van der Waals surface area contributed by atoms with Gasteiger partial charge in [0.1, 0.15) is 5.82 Å². The molecule has 0 aliphatic rings. The number of hydrogen-bond acceptors (Lipinski definition) is 1. The lowest BCUT2D eigenvalue weighted by atomic mass is 9.86. The van der Waals surface area contributed by atoms with Crippen LogP contribution in [0.4, 0.5) is 0 Å². The Kier molecular flexibility index (Phi) is 5.61. The second-order valence-electron chi connectivity index (χ2n) is 12.3. The van der Waals surface area contributed by atoms with Crippen molar-refractivity contribution in [3.8, 4) is 28.2 Å². The SMILES string of the molecule is c1ccc(-n2c(-c3ccc(-c4cc5c6ccccc6c6ccccc6c5c5ccccc45)c4ccccc34)nc3ccccc32)cc1. The van der Waals surface area contributed by atoms with E-state index < -0.39 is 0 Å². The van der Waals surface area contributed by atoms with Crippen molar-refractivity contribution >= 4 is 64.9 Å². The van der Waals surface area contributed by atoms with Crippen LogP contribution in [0.1, 0.15) is 0 Å². The number of para-hydroxylation sites is 3. The quantitative estimate of drug-likeness (QED) is 0.186. The molecule has 0 saturated heterocycles. The number of benzene rings is 9. The van der Waals surface area contributed by atoms with Crippen molar-refractivity contribution in [1.82, 2.24) is 9.55 Å². The predicted octanol–water partition coefficient (Wildman–Crippen LogP) is 12.1. The van der Waals surface area contributed by atoms with Crippen LogP contribution in [0.3, 0.4) is 0 Å². The second kappa shape index (κ2) is 10.1. The van der Waals surface area contributed by atoms with Gasteiger partial charge in [0.2, 0.25) is 0 Å². The summed E-state index contributed by atoms with van der Waals surface area (Å²) in [6.45, 7) is 0. The van der Waals surface area contributed by atoms with Gasteiger partial charge in [-0.3, -0.25) is 4.57 Å². The maximum atomic E-state index is 5.23. The minimum absolute atomic E-state index is 0.945. The van der Waals surface area contributed by atoms with Crippen molar-refractivity contribution in [3.63, 3.8) is 0 Å². The molecule has 1 aromatic heterocycles. The lowest BCUT2D eigenvalue weighted by molar-refractivity contribution is 1.11. The average Bonchev–Trinajstić information content (AvgIpc) is 3.54. The fourth-order valence-electron chi connectivity index (χ4n) is 7.76. The normalized spacial score (nSPS) is 11.8. The highest BCUT2D eigenvalue weighted by Gasteiger charge is 2.20. The van der Waals surface area contributed by atoms with Gasteiger partial charge < -0.3 is 0 Å². The molecule has 0 bridgehead atoms. The van der Waals surface area contributed by atoms with Crippen LogP contribution in [0.15, 0.2) is 170 Å². The summed E-state index contributed by atoms with van der Waals surface area (Å²) in [6.07, 6.45) is 0. The molecule has 0 fully saturated rings. The molecule has 0 N–H and O–H groups in total. The zero-order valence-electron chi connectivity index (χ0n) is 25.6. The molecule has 0 saturated carbocycles. The van der Waals surface area contributed by atoms with Crippen LogP contribution >= 0.6 is 0 Å². The van der Waals surface area contributed by atoms with Crippen molar-refractivity contribution < 1.29 is 0 Å². The first-order valence-corrected chi connectivity index (χ1v) is 16.2. The number of rotatable bonds is 3. The van der Waals surface area contributed by atoms with E-state index >= 15 is 0 Å². The maximum absolute atomic E-state index is 5.23. The second-order valence-corrected chi connectivity index (χ2v) is 12.3. The zero-order valence-corrected chi connectivity index (χ0v) is 25.6. The molecule has 2 nitrogen and oxygen atoms in total. The first kappa shape index (κ1) is 26.0. The largest absolute Gasteiger partial charge is 0.292 e. The molecule has 0 aliphatic carbocycles. The lowest BCUT2D eigenvalue weighted by Gasteiger charge is -2.18. The molecule has 0 aliphatic heterocycles. The van der Waals surface area contributed by atoms with Crippen LogP contribution in [0, 0.1) is 0 Å². The highest BCUT2D eigenvalue weighted by Crippen LogP contribution is 2.45. The fourth-order valence-corrected chi connectivity index (χ4v) is 7.76. The molecule has 0 spiro atoms. The van der Waals surface area contributed by atoms with Crippen LogP contribution < -0.4 is 0 Å². The van der Waals surface area contributed by atoms with Gasteiger partial charge in [0, 0.05) is 11.3 Å². The third kappa shape index (κ3) is 3.82. The van der Waals surface area contributed by atoms with E-state index in [9.17, 15) is 0 Å². The summed E-state index contributed by atoms with van der Waals surface area (Å²) in [4.78, 5) is 5.23. The molecule has 10 rings (SSSR count).